The Balaban J connectivity index is 1.86. The molecule has 0 bridgehead atoms. The van der Waals surface area contributed by atoms with E-state index in [0.29, 0.717) is 0 Å². The summed E-state index contributed by atoms with van der Waals surface area (Å²) in [6.45, 7) is 3.93. The van der Waals surface area contributed by atoms with E-state index in [1.807, 2.05) is 6.07 Å². The number of pyridine rings is 1. The quantitative estimate of drug-likeness (QED) is 0.703. The number of nitrogens with zero attached hydrogens (tertiary/aromatic N) is 2. The third-order valence-corrected chi connectivity index (χ3v) is 4.43. The Morgan fingerprint density at radius 1 is 1.10 bits per heavy atom. The van der Waals surface area contributed by atoms with Gasteiger partial charge in [-0.15, -0.1) is 0 Å². The van der Waals surface area contributed by atoms with Gasteiger partial charge in [0.2, 0.25) is 0 Å². The van der Waals surface area contributed by atoms with E-state index < -0.39 is 0 Å². The van der Waals surface area contributed by atoms with Crippen LogP contribution in [0.25, 0.3) is 5.65 Å². The zero-order valence-electron chi connectivity index (χ0n) is 12.1. The van der Waals surface area contributed by atoms with Gasteiger partial charge in [-0.25, -0.2) is 4.98 Å². The average Bonchev–Trinajstić information content (AvgIpc) is 2.89. The van der Waals surface area contributed by atoms with Gasteiger partial charge < -0.3 is 9.72 Å². The number of fused-ring (bicyclic) bond motifs is 1. The second kappa shape index (κ2) is 6.78. The molecule has 0 atom stereocenters. The Kier molecular flexibility index (Phi) is 4.58. The first-order chi connectivity index (χ1) is 10.4. The number of aromatic nitrogens is 2. The monoisotopic (exact) mass is 297 g/mol. The smallest absolute Gasteiger partial charge is 0.138 e. The lowest BCUT2D eigenvalue weighted by atomic mass is 10.2. The molecule has 0 spiro atoms. The molecule has 2 aromatic heterocycles. The van der Waals surface area contributed by atoms with Gasteiger partial charge in [0.15, 0.2) is 0 Å². The van der Waals surface area contributed by atoms with Gasteiger partial charge in [0.05, 0.1) is 5.69 Å². The highest BCUT2D eigenvalue weighted by Gasteiger charge is 2.11. The lowest BCUT2D eigenvalue weighted by Gasteiger charge is -2.05. The van der Waals surface area contributed by atoms with Crippen LogP contribution in [0.15, 0.2) is 59.8 Å². The van der Waals surface area contributed by atoms with Crippen LogP contribution in [0.4, 0.5) is 0 Å². The van der Waals surface area contributed by atoms with Crippen LogP contribution in [0, 0.1) is 0 Å². The van der Waals surface area contributed by atoms with Crippen LogP contribution in [0.5, 0.6) is 0 Å². The van der Waals surface area contributed by atoms with Gasteiger partial charge in [-0.2, -0.15) is 0 Å². The highest BCUT2D eigenvalue weighted by atomic mass is 32.2. The van der Waals surface area contributed by atoms with E-state index in [-0.39, 0.29) is 0 Å². The van der Waals surface area contributed by atoms with Crippen molar-refractivity contribution >= 4 is 17.4 Å². The van der Waals surface area contributed by atoms with E-state index >= 15 is 0 Å². The van der Waals surface area contributed by atoms with Crippen molar-refractivity contribution in [1.82, 2.24) is 14.7 Å². The molecule has 3 nitrogen and oxygen atoms in total. The molecule has 2 heterocycles. The number of imidazole rings is 1. The highest BCUT2D eigenvalue weighted by Crippen LogP contribution is 2.26. The summed E-state index contributed by atoms with van der Waals surface area (Å²) >= 11 is 1.80. The Morgan fingerprint density at radius 2 is 1.90 bits per heavy atom. The minimum atomic E-state index is 0.846. The Bertz CT molecular complexity index is 706. The van der Waals surface area contributed by atoms with E-state index in [1.165, 1.54) is 11.3 Å². The van der Waals surface area contributed by atoms with Gasteiger partial charge >= 0.3 is 0 Å². The molecule has 4 heteroatoms. The van der Waals surface area contributed by atoms with Crippen molar-refractivity contribution in [3.8, 4) is 0 Å². The number of rotatable bonds is 6. The molecule has 3 rings (SSSR count). The first-order valence-electron chi connectivity index (χ1n) is 7.22. The molecule has 0 saturated carbocycles. The van der Waals surface area contributed by atoms with Crippen molar-refractivity contribution in [1.29, 1.82) is 0 Å². The zero-order valence-corrected chi connectivity index (χ0v) is 12.9. The maximum Gasteiger partial charge on any atom is 0.138 e. The minimum Gasteiger partial charge on any atom is -0.311 e. The van der Waals surface area contributed by atoms with Crippen molar-refractivity contribution in [2.45, 2.75) is 24.2 Å². The summed E-state index contributed by atoms with van der Waals surface area (Å²) in [4.78, 5) is 4.77. The molecule has 1 aromatic carbocycles. The van der Waals surface area contributed by atoms with Gasteiger partial charge in [0, 0.05) is 18.5 Å². The number of hydrogen-bond donors (Lipinski definition) is 1. The second-order valence-corrected chi connectivity index (χ2v) is 5.81. The van der Waals surface area contributed by atoms with Crippen LogP contribution in [0.3, 0.4) is 0 Å². The van der Waals surface area contributed by atoms with E-state index in [4.69, 9.17) is 4.98 Å². The molecule has 0 saturated heterocycles. The fourth-order valence-electron chi connectivity index (χ4n) is 2.27. The van der Waals surface area contributed by atoms with E-state index in [0.717, 1.165) is 29.5 Å². The van der Waals surface area contributed by atoms with Crippen LogP contribution in [0.1, 0.15) is 18.2 Å². The Morgan fingerprint density at radius 3 is 2.71 bits per heavy atom. The van der Waals surface area contributed by atoms with Gasteiger partial charge in [-0.3, -0.25) is 0 Å². The van der Waals surface area contributed by atoms with Crippen LogP contribution >= 0.6 is 11.8 Å². The summed E-state index contributed by atoms with van der Waals surface area (Å²) in [5.74, 6) is 0.948. The summed E-state index contributed by atoms with van der Waals surface area (Å²) < 4.78 is 2.18. The average molecular weight is 297 g/mol. The predicted molar refractivity (Wildman–Crippen MR) is 88.6 cm³/mol. The summed E-state index contributed by atoms with van der Waals surface area (Å²) in [6, 6.07) is 16.7. The largest absolute Gasteiger partial charge is 0.311 e. The molecule has 1 N–H and O–H groups in total. The Labute approximate surface area is 129 Å². The van der Waals surface area contributed by atoms with E-state index in [2.05, 4.69) is 65.3 Å². The standard InChI is InChI=1S/C17H19N3S/c1-2-18-12-15-17(19-16-10-6-7-11-20(15)16)21-13-14-8-4-3-5-9-14/h3-11,18H,2,12-13H2,1H3. The lowest BCUT2D eigenvalue weighted by Crippen LogP contribution is -2.14. The molecule has 108 valence electrons. The highest BCUT2D eigenvalue weighted by molar-refractivity contribution is 7.98. The van der Waals surface area contributed by atoms with Crippen molar-refractivity contribution in [3.05, 3.63) is 66.0 Å². The summed E-state index contributed by atoms with van der Waals surface area (Å²) in [6.07, 6.45) is 2.08. The fraction of sp³-hybridized carbons (Fsp3) is 0.235. The van der Waals surface area contributed by atoms with Gasteiger partial charge in [0.1, 0.15) is 10.7 Å². The third kappa shape index (κ3) is 3.28. The number of thioether (sulfide) groups is 1. The van der Waals surface area contributed by atoms with Crippen molar-refractivity contribution < 1.29 is 0 Å². The van der Waals surface area contributed by atoms with E-state index in [9.17, 15) is 0 Å². The van der Waals surface area contributed by atoms with Gasteiger partial charge in [0.25, 0.3) is 0 Å². The molecule has 0 aliphatic rings. The van der Waals surface area contributed by atoms with Crippen molar-refractivity contribution in [2.75, 3.05) is 6.54 Å². The second-order valence-electron chi connectivity index (χ2n) is 4.85. The van der Waals surface area contributed by atoms with Crippen molar-refractivity contribution in [2.24, 2.45) is 0 Å². The lowest BCUT2D eigenvalue weighted by molar-refractivity contribution is 0.694. The predicted octanol–water partition coefficient (Wildman–Crippen LogP) is 3.74. The number of hydrogen-bond acceptors (Lipinski definition) is 3. The molecule has 3 aromatic rings. The molecule has 0 amide bonds. The minimum absolute atomic E-state index is 0.846. The van der Waals surface area contributed by atoms with E-state index in [1.54, 1.807) is 11.8 Å². The maximum atomic E-state index is 4.77. The first kappa shape index (κ1) is 14.2. The third-order valence-electron chi connectivity index (χ3n) is 3.35. The zero-order chi connectivity index (χ0) is 14.5. The molecule has 0 aliphatic heterocycles. The number of nitrogens with one attached hydrogen (secondary N) is 1. The first-order valence-corrected chi connectivity index (χ1v) is 8.20. The Hall–Kier alpha value is -1.78. The molecular formula is C17H19N3S. The molecule has 21 heavy (non-hydrogen) atoms. The summed E-state index contributed by atoms with van der Waals surface area (Å²) in [5.41, 5.74) is 3.59. The SMILES string of the molecule is CCNCc1c(SCc2ccccc2)nc2ccccn12. The maximum absolute atomic E-state index is 4.77. The normalized spacial score (nSPS) is 11.1. The molecule has 0 radical (unpaired) electrons. The molecule has 0 fully saturated rings. The fourth-order valence-corrected chi connectivity index (χ4v) is 3.26. The number of benzene rings is 1. The van der Waals surface area contributed by atoms with Gasteiger partial charge in [-0.05, 0) is 24.2 Å². The van der Waals surface area contributed by atoms with Crippen LogP contribution in [-0.2, 0) is 12.3 Å². The summed E-state index contributed by atoms with van der Waals surface area (Å²) in [5, 5.41) is 4.52. The van der Waals surface area contributed by atoms with Gasteiger partial charge in [-0.1, -0.05) is 55.1 Å². The molecular weight excluding hydrogens is 278 g/mol. The van der Waals surface area contributed by atoms with Crippen molar-refractivity contribution in [3.63, 3.8) is 0 Å². The van der Waals surface area contributed by atoms with Crippen LogP contribution in [0.2, 0.25) is 0 Å². The van der Waals surface area contributed by atoms with Crippen LogP contribution < -0.4 is 5.32 Å². The summed E-state index contributed by atoms with van der Waals surface area (Å²) in [7, 11) is 0. The van der Waals surface area contributed by atoms with Crippen LogP contribution in [-0.4, -0.2) is 15.9 Å². The molecule has 0 aliphatic carbocycles. The molecule has 0 unspecified atom stereocenters. The topological polar surface area (TPSA) is 29.3 Å².